The van der Waals surface area contributed by atoms with Crippen molar-refractivity contribution in [3.63, 3.8) is 0 Å². The molecule has 4 rings (SSSR count). The number of anilines is 1. The molecule has 0 aliphatic carbocycles. The number of rotatable bonds is 4. The number of morpholine rings is 1. The number of aliphatic hydroxyl groups is 1. The highest BCUT2D eigenvalue weighted by Gasteiger charge is 2.22. The molecule has 0 bridgehead atoms. The second kappa shape index (κ2) is 10.0. The number of pyridine rings is 2. The summed E-state index contributed by atoms with van der Waals surface area (Å²) in [6.07, 6.45) is 3.09. The van der Waals surface area contributed by atoms with E-state index in [1.165, 1.54) is 0 Å². The largest absolute Gasteiger partial charge is 0.394 e. The van der Waals surface area contributed by atoms with Gasteiger partial charge in [0.1, 0.15) is 5.82 Å². The van der Waals surface area contributed by atoms with Gasteiger partial charge >= 0.3 is 0 Å². The Morgan fingerprint density at radius 3 is 2.72 bits per heavy atom. The maximum absolute atomic E-state index is 12.1. The van der Waals surface area contributed by atoms with E-state index in [1.807, 2.05) is 41.3 Å². The molecule has 3 aromatic rings. The lowest BCUT2D eigenvalue weighted by Crippen LogP contribution is -2.44. The zero-order valence-corrected chi connectivity index (χ0v) is 17.2. The number of hydrogen-bond acceptors (Lipinski definition) is 7. The number of ether oxygens (including phenoxy) is 1. The van der Waals surface area contributed by atoms with Gasteiger partial charge in [0.25, 0.3) is 5.91 Å². The van der Waals surface area contributed by atoms with E-state index >= 15 is 0 Å². The van der Waals surface area contributed by atoms with E-state index in [9.17, 15) is 9.90 Å². The summed E-state index contributed by atoms with van der Waals surface area (Å²) in [4.78, 5) is 22.9. The molecule has 3 heterocycles. The number of nitrogens with one attached hydrogen (secondary N) is 1. The molecule has 1 fully saturated rings. The van der Waals surface area contributed by atoms with Crippen LogP contribution in [0.5, 0.6) is 0 Å². The Kier molecular flexibility index (Phi) is 6.72. The molecule has 2 aromatic heterocycles. The van der Waals surface area contributed by atoms with Gasteiger partial charge in [0.05, 0.1) is 25.0 Å². The van der Waals surface area contributed by atoms with E-state index in [0.717, 1.165) is 16.7 Å². The number of hydroxylamine groups is 1. The average Bonchev–Trinajstić information content (AvgIpc) is 2.87. The fourth-order valence-corrected chi connectivity index (χ4v) is 3.36. The van der Waals surface area contributed by atoms with Crippen molar-refractivity contribution in [3.8, 4) is 23.1 Å². The van der Waals surface area contributed by atoms with E-state index in [0.29, 0.717) is 31.2 Å². The van der Waals surface area contributed by atoms with Crippen molar-refractivity contribution < 1.29 is 19.8 Å². The van der Waals surface area contributed by atoms with Crippen LogP contribution in [0.3, 0.4) is 0 Å². The van der Waals surface area contributed by atoms with Crippen LogP contribution in [-0.4, -0.2) is 58.6 Å². The van der Waals surface area contributed by atoms with Crippen LogP contribution in [0.4, 0.5) is 5.82 Å². The van der Waals surface area contributed by atoms with E-state index in [4.69, 9.17) is 14.9 Å². The fourth-order valence-electron chi connectivity index (χ4n) is 3.36. The topological polar surface area (TPSA) is 108 Å². The summed E-state index contributed by atoms with van der Waals surface area (Å²) in [5.74, 6) is 6.11. The third-order valence-electron chi connectivity index (χ3n) is 5.04. The maximum Gasteiger partial charge on any atom is 0.274 e. The van der Waals surface area contributed by atoms with Gasteiger partial charge in [-0.15, -0.1) is 0 Å². The Morgan fingerprint density at radius 1 is 1.19 bits per heavy atom. The molecule has 0 spiro atoms. The van der Waals surface area contributed by atoms with Crippen molar-refractivity contribution in [2.75, 3.05) is 31.2 Å². The minimum absolute atomic E-state index is 0.0955. The van der Waals surface area contributed by atoms with Gasteiger partial charge in [0.2, 0.25) is 0 Å². The second-order valence-corrected chi connectivity index (χ2v) is 7.23. The number of carbonyl (C=O) groups is 1. The quantitative estimate of drug-likeness (QED) is 0.329. The number of aliphatic hydroxyl groups excluding tert-OH is 1. The molecular weight excluding hydrogens is 408 g/mol. The highest BCUT2D eigenvalue weighted by atomic mass is 16.5. The number of aromatic nitrogens is 2. The van der Waals surface area contributed by atoms with Crippen LogP contribution in [0, 0.1) is 11.8 Å². The number of nitrogens with zero attached hydrogens (tertiary/aromatic N) is 3. The Hall–Kier alpha value is -3.77. The van der Waals surface area contributed by atoms with Crippen molar-refractivity contribution in [1.29, 1.82) is 0 Å². The predicted molar refractivity (Wildman–Crippen MR) is 118 cm³/mol. The number of benzene rings is 1. The van der Waals surface area contributed by atoms with Crippen LogP contribution in [0.1, 0.15) is 21.5 Å². The fraction of sp³-hybridized carbons (Fsp3) is 0.208. The first-order valence-corrected chi connectivity index (χ1v) is 10.1. The van der Waals surface area contributed by atoms with Gasteiger partial charge in [0.15, 0.2) is 0 Å². The van der Waals surface area contributed by atoms with Gasteiger partial charge in [-0.2, -0.15) is 0 Å². The third kappa shape index (κ3) is 5.10. The number of carbonyl (C=O) groups excluding carboxylic acids is 1. The Bertz CT molecular complexity index is 1140. The first-order chi connectivity index (χ1) is 15.7. The van der Waals surface area contributed by atoms with Crippen molar-refractivity contribution in [3.05, 3.63) is 77.6 Å². The molecule has 0 saturated carbocycles. The first kappa shape index (κ1) is 21.5. The van der Waals surface area contributed by atoms with Crippen molar-refractivity contribution in [2.24, 2.45) is 0 Å². The molecule has 3 N–H and O–H groups in total. The monoisotopic (exact) mass is 430 g/mol. The Morgan fingerprint density at radius 2 is 2.00 bits per heavy atom. The standard InChI is InChI=1S/C24H22N4O4/c29-16-21-15-28(10-11-32-21)23-13-20(24(30)27-31)12-22(26-23)19-7-5-17(6-8-19)3-4-18-2-1-9-25-14-18/h1-2,5-9,12-14,21,29,31H,10-11,15-16H2,(H,27,30). The maximum atomic E-state index is 12.1. The van der Waals surface area contributed by atoms with Gasteiger partial charge in [-0.25, -0.2) is 10.5 Å². The number of amides is 1. The lowest BCUT2D eigenvalue weighted by molar-refractivity contribution is 0.00336. The number of hydrogen-bond donors (Lipinski definition) is 3. The first-order valence-electron chi connectivity index (χ1n) is 10.1. The molecule has 162 valence electrons. The molecule has 1 aromatic carbocycles. The third-order valence-corrected chi connectivity index (χ3v) is 5.04. The summed E-state index contributed by atoms with van der Waals surface area (Å²) < 4.78 is 5.51. The molecule has 1 saturated heterocycles. The van der Waals surface area contributed by atoms with E-state index in [1.54, 1.807) is 30.0 Å². The minimum Gasteiger partial charge on any atom is -0.394 e. The van der Waals surface area contributed by atoms with Crippen LogP contribution >= 0.6 is 0 Å². The summed E-state index contributed by atoms with van der Waals surface area (Å²) in [7, 11) is 0. The second-order valence-electron chi connectivity index (χ2n) is 7.23. The van der Waals surface area contributed by atoms with Crippen LogP contribution in [0.25, 0.3) is 11.3 Å². The molecule has 1 atom stereocenters. The predicted octanol–water partition coefficient (Wildman–Crippen LogP) is 1.86. The van der Waals surface area contributed by atoms with Crippen molar-refractivity contribution in [1.82, 2.24) is 15.4 Å². The zero-order valence-electron chi connectivity index (χ0n) is 17.2. The van der Waals surface area contributed by atoms with E-state index < -0.39 is 5.91 Å². The van der Waals surface area contributed by atoms with Gasteiger partial charge in [-0.05, 0) is 36.4 Å². The average molecular weight is 430 g/mol. The lowest BCUT2D eigenvalue weighted by atomic mass is 10.1. The molecule has 1 aliphatic rings. The summed E-state index contributed by atoms with van der Waals surface area (Å²) in [5.41, 5.74) is 5.01. The van der Waals surface area contributed by atoms with Crippen molar-refractivity contribution in [2.45, 2.75) is 6.10 Å². The molecule has 0 radical (unpaired) electrons. The van der Waals surface area contributed by atoms with Gasteiger partial charge in [-0.3, -0.25) is 15.0 Å². The van der Waals surface area contributed by atoms with Gasteiger partial charge in [0, 0.05) is 47.7 Å². The van der Waals surface area contributed by atoms with Crippen LogP contribution in [-0.2, 0) is 4.74 Å². The summed E-state index contributed by atoms with van der Waals surface area (Å²) >= 11 is 0. The summed E-state index contributed by atoms with van der Waals surface area (Å²) in [5, 5.41) is 18.5. The highest BCUT2D eigenvalue weighted by Crippen LogP contribution is 2.25. The van der Waals surface area contributed by atoms with Gasteiger partial charge in [-0.1, -0.05) is 24.0 Å². The summed E-state index contributed by atoms with van der Waals surface area (Å²) in [6.45, 7) is 1.39. The SMILES string of the molecule is O=C(NO)c1cc(-c2ccc(C#Cc3cccnc3)cc2)nc(N2CCOC(CO)C2)c1. The molecule has 1 unspecified atom stereocenters. The highest BCUT2D eigenvalue weighted by molar-refractivity contribution is 5.95. The Balaban J connectivity index is 1.63. The summed E-state index contributed by atoms with van der Waals surface area (Å²) in [6, 6.07) is 14.5. The molecule has 1 amide bonds. The van der Waals surface area contributed by atoms with E-state index in [-0.39, 0.29) is 18.3 Å². The smallest absolute Gasteiger partial charge is 0.274 e. The van der Waals surface area contributed by atoms with Gasteiger partial charge < -0.3 is 14.7 Å². The molecule has 8 heteroatoms. The van der Waals surface area contributed by atoms with E-state index in [2.05, 4.69) is 16.8 Å². The van der Waals surface area contributed by atoms with Crippen LogP contribution in [0.15, 0.2) is 60.9 Å². The zero-order chi connectivity index (χ0) is 22.3. The molecule has 32 heavy (non-hydrogen) atoms. The molecule has 1 aliphatic heterocycles. The molecular formula is C24H22N4O4. The van der Waals surface area contributed by atoms with Crippen LogP contribution in [0.2, 0.25) is 0 Å². The Labute approximate surface area is 185 Å². The van der Waals surface area contributed by atoms with Crippen molar-refractivity contribution >= 4 is 11.7 Å². The lowest BCUT2D eigenvalue weighted by Gasteiger charge is -2.33. The normalized spacial score (nSPS) is 15.6. The molecule has 8 nitrogen and oxygen atoms in total. The minimum atomic E-state index is -0.624. The van der Waals surface area contributed by atoms with Crippen LogP contribution < -0.4 is 10.4 Å².